The van der Waals surface area contributed by atoms with Gasteiger partial charge in [-0.25, -0.2) is 4.98 Å². The number of hydrogen-bond donors (Lipinski definition) is 1. The summed E-state index contributed by atoms with van der Waals surface area (Å²) in [5, 5.41) is 0.711. The maximum atomic E-state index is 13.4. The van der Waals surface area contributed by atoms with Gasteiger partial charge in [0.15, 0.2) is 16.6 Å². The maximum Gasteiger partial charge on any atom is 0.273 e. The van der Waals surface area contributed by atoms with Gasteiger partial charge in [0.05, 0.1) is 37.4 Å². The number of carbonyl (C=O) groups is 1. The molecule has 2 aromatic carbocycles. The topological polar surface area (TPSA) is 56.1 Å². The molecule has 0 bridgehead atoms. The van der Waals surface area contributed by atoms with Gasteiger partial charge in [-0.2, -0.15) is 0 Å². The van der Waals surface area contributed by atoms with Gasteiger partial charge >= 0.3 is 0 Å². The Kier molecular flexibility index (Phi) is 5.43. The van der Waals surface area contributed by atoms with Crippen LogP contribution in [-0.4, -0.2) is 50.8 Å². The predicted molar refractivity (Wildman–Crippen MR) is 115 cm³/mol. The van der Waals surface area contributed by atoms with Gasteiger partial charge in [0, 0.05) is 0 Å². The molecule has 0 fully saturated rings. The van der Waals surface area contributed by atoms with E-state index in [1.165, 1.54) is 10.5 Å². The Morgan fingerprint density at radius 1 is 1.21 bits per heavy atom. The van der Waals surface area contributed by atoms with Gasteiger partial charge in [-0.1, -0.05) is 29.5 Å². The van der Waals surface area contributed by atoms with E-state index in [2.05, 4.69) is 40.1 Å². The number of nitrogens with zero attached hydrogens (tertiary/aromatic N) is 2. The Morgan fingerprint density at radius 3 is 2.72 bits per heavy atom. The molecule has 1 aliphatic heterocycles. The van der Waals surface area contributed by atoms with Crippen molar-refractivity contribution in [1.82, 2.24) is 4.98 Å². The van der Waals surface area contributed by atoms with E-state index in [0.717, 1.165) is 22.3 Å². The molecule has 0 spiro atoms. The highest BCUT2D eigenvalue weighted by molar-refractivity contribution is 7.22. The molecule has 152 valence electrons. The number of likely N-dealkylation sites (N-methyl/N-ethyl adjacent to an activating group) is 1. The number of nitrogens with one attached hydrogen (secondary N) is 1. The summed E-state index contributed by atoms with van der Waals surface area (Å²) in [6, 6.07) is 11.6. The highest BCUT2D eigenvalue weighted by Crippen LogP contribution is 2.34. The predicted octanol–water partition coefficient (Wildman–Crippen LogP) is 2.23. The number of aryl methyl sites for hydroxylation is 2. The lowest BCUT2D eigenvalue weighted by molar-refractivity contribution is -0.856. The molecule has 29 heavy (non-hydrogen) atoms. The minimum Gasteiger partial charge on any atom is -0.485 e. The van der Waals surface area contributed by atoms with Gasteiger partial charge in [0.1, 0.15) is 6.61 Å². The minimum absolute atomic E-state index is 0.116. The Morgan fingerprint density at radius 2 is 1.97 bits per heavy atom. The van der Waals surface area contributed by atoms with E-state index in [0.29, 0.717) is 23.2 Å². The molecule has 0 saturated carbocycles. The van der Waals surface area contributed by atoms with Crippen LogP contribution in [0.4, 0.5) is 5.13 Å². The van der Waals surface area contributed by atoms with Crippen molar-refractivity contribution in [3.63, 3.8) is 0 Å². The zero-order chi connectivity index (χ0) is 20.5. The summed E-state index contributed by atoms with van der Waals surface area (Å²) in [6.07, 6.45) is -0.683. The largest absolute Gasteiger partial charge is 0.485 e. The molecule has 1 N–H and O–H groups in total. The van der Waals surface area contributed by atoms with E-state index < -0.39 is 6.10 Å². The first-order chi connectivity index (χ1) is 13.9. The zero-order valence-corrected chi connectivity index (χ0v) is 18.0. The van der Waals surface area contributed by atoms with E-state index in [9.17, 15) is 4.79 Å². The summed E-state index contributed by atoms with van der Waals surface area (Å²) in [7, 11) is 4.15. The number of amides is 1. The van der Waals surface area contributed by atoms with Crippen molar-refractivity contribution in [3.8, 4) is 11.5 Å². The van der Waals surface area contributed by atoms with Crippen LogP contribution in [0.15, 0.2) is 36.4 Å². The lowest BCUT2D eigenvalue weighted by Gasteiger charge is -2.29. The second kappa shape index (κ2) is 8.00. The third-order valence-electron chi connectivity index (χ3n) is 5.19. The van der Waals surface area contributed by atoms with Crippen molar-refractivity contribution in [2.75, 3.05) is 38.7 Å². The van der Waals surface area contributed by atoms with Gasteiger partial charge in [-0.05, 0) is 43.2 Å². The third-order valence-corrected chi connectivity index (χ3v) is 6.23. The molecular formula is C22H26N3O3S+. The number of fused-ring (bicyclic) bond motifs is 2. The van der Waals surface area contributed by atoms with Crippen LogP contribution in [0, 0.1) is 13.8 Å². The number of quaternary nitrogens is 1. The third kappa shape index (κ3) is 3.93. The van der Waals surface area contributed by atoms with Gasteiger partial charge < -0.3 is 14.4 Å². The summed E-state index contributed by atoms with van der Waals surface area (Å²) in [5.74, 6) is 1.16. The summed E-state index contributed by atoms with van der Waals surface area (Å²) < 4.78 is 12.8. The quantitative estimate of drug-likeness (QED) is 0.698. The van der Waals surface area contributed by atoms with Crippen molar-refractivity contribution < 1.29 is 19.2 Å². The smallest absolute Gasteiger partial charge is 0.273 e. The standard InChI is InChI=1S/C22H25N3O3S/c1-14-9-10-19-20(15(14)2)23-22(29-19)25(12-11-24(3)4)21(26)18-13-27-16-7-5-6-8-17(16)28-18/h5-10,18H,11-13H2,1-4H3/p+1/t18-/m0/s1. The van der Waals surface area contributed by atoms with Gasteiger partial charge in [0.25, 0.3) is 5.91 Å². The first kappa shape index (κ1) is 19.7. The first-order valence-electron chi connectivity index (χ1n) is 9.79. The fourth-order valence-electron chi connectivity index (χ4n) is 3.28. The molecule has 1 atom stereocenters. The number of benzene rings is 2. The van der Waals surface area contributed by atoms with E-state index in [-0.39, 0.29) is 12.5 Å². The monoisotopic (exact) mass is 412 g/mol. The number of ether oxygens (including phenoxy) is 2. The molecule has 1 aromatic heterocycles. The fraction of sp³-hybridized carbons (Fsp3) is 0.364. The molecule has 0 radical (unpaired) electrons. The fourth-order valence-corrected chi connectivity index (χ4v) is 4.34. The molecule has 0 saturated heterocycles. The molecule has 3 aromatic rings. The van der Waals surface area contributed by atoms with Crippen LogP contribution in [-0.2, 0) is 4.79 Å². The minimum atomic E-state index is -0.683. The highest BCUT2D eigenvalue weighted by atomic mass is 32.1. The van der Waals surface area contributed by atoms with Crippen molar-refractivity contribution in [3.05, 3.63) is 47.5 Å². The molecule has 2 heterocycles. The summed E-state index contributed by atoms with van der Waals surface area (Å²) >= 11 is 1.55. The van der Waals surface area contributed by atoms with Gasteiger partial charge in [-0.3, -0.25) is 9.69 Å². The number of rotatable bonds is 5. The van der Waals surface area contributed by atoms with E-state index >= 15 is 0 Å². The Bertz CT molecular complexity index is 1050. The molecular weight excluding hydrogens is 386 g/mol. The number of carbonyl (C=O) groups excluding carboxylic acids is 1. The Hall–Kier alpha value is -2.64. The van der Waals surface area contributed by atoms with Crippen molar-refractivity contribution in [2.45, 2.75) is 20.0 Å². The average molecular weight is 413 g/mol. The number of aromatic nitrogens is 1. The molecule has 0 unspecified atom stereocenters. The zero-order valence-electron chi connectivity index (χ0n) is 17.2. The van der Waals surface area contributed by atoms with E-state index in [1.807, 2.05) is 24.3 Å². The molecule has 1 amide bonds. The number of thiazole rings is 1. The van der Waals surface area contributed by atoms with Crippen LogP contribution in [0.2, 0.25) is 0 Å². The highest BCUT2D eigenvalue weighted by Gasteiger charge is 2.33. The van der Waals surface area contributed by atoms with Crippen molar-refractivity contribution in [1.29, 1.82) is 0 Å². The van der Waals surface area contributed by atoms with Crippen LogP contribution >= 0.6 is 11.3 Å². The second-order valence-electron chi connectivity index (χ2n) is 7.66. The maximum absolute atomic E-state index is 13.4. The van der Waals surface area contributed by atoms with Gasteiger partial charge in [-0.15, -0.1) is 0 Å². The Labute approximate surface area is 174 Å². The first-order valence-corrected chi connectivity index (χ1v) is 10.6. The normalized spacial score (nSPS) is 15.7. The van der Waals surface area contributed by atoms with Crippen LogP contribution in [0.3, 0.4) is 0 Å². The van der Waals surface area contributed by atoms with Crippen LogP contribution in [0.25, 0.3) is 10.2 Å². The van der Waals surface area contributed by atoms with E-state index in [1.54, 1.807) is 16.2 Å². The van der Waals surface area contributed by atoms with Crippen LogP contribution in [0.5, 0.6) is 11.5 Å². The van der Waals surface area contributed by atoms with Crippen LogP contribution in [0.1, 0.15) is 11.1 Å². The lowest BCUT2D eigenvalue weighted by atomic mass is 10.1. The second-order valence-corrected chi connectivity index (χ2v) is 8.67. The number of anilines is 1. The Balaban J connectivity index is 1.65. The van der Waals surface area contributed by atoms with Crippen LogP contribution < -0.4 is 19.3 Å². The molecule has 6 nitrogen and oxygen atoms in total. The SMILES string of the molecule is Cc1ccc2sc(N(CC[NH+](C)C)C(=O)[C@@H]3COc4ccccc4O3)nc2c1C. The summed E-state index contributed by atoms with van der Waals surface area (Å²) in [6.45, 7) is 5.73. The average Bonchev–Trinajstić information content (AvgIpc) is 3.15. The van der Waals surface area contributed by atoms with E-state index in [4.69, 9.17) is 14.5 Å². The van der Waals surface area contributed by atoms with Crippen molar-refractivity contribution in [2.24, 2.45) is 0 Å². The number of hydrogen-bond acceptors (Lipinski definition) is 5. The molecule has 7 heteroatoms. The number of para-hydroxylation sites is 2. The summed E-state index contributed by atoms with van der Waals surface area (Å²) in [5.41, 5.74) is 3.32. The molecule has 1 aliphatic rings. The van der Waals surface area contributed by atoms with Gasteiger partial charge in [0.2, 0.25) is 6.10 Å². The van der Waals surface area contributed by atoms with Crippen molar-refractivity contribution >= 4 is 32.6 Å². The molecule has 4 rings (SSSR count). The molecule has 0 aliphatic carbocycles. The summed E-state index contributed by atoms with van der Waals surface area (Å²) in [4.78, 5) is 21.3. The lowest BCUT2D eigenvalue weighted by Crippen LogP contribution is -3.06.